The van der Waals surface area contributed by atoms with Crippen LogP contribution in [0.25, 0.3) is 0 Å². The molecule has 0 unspecified atom stereocenters. The van der Waals surface area contributed by atoms with E-state index in [2.05, 4.69) is 0 Å². The van der Waals surface area contributed by atoms with Crippen molar-refractivity contribution in [2.45, 2.75) is 12.0 Å². The second-order valence-corrected chi connectivity index (χ2v) is 5.67. The first-order chi connectivity index (χ1) is 10.6. The number of rotatable bonds is 3. The SMILES string of the molecule is O=C(O)[C@@H]1[C@@H](c2ccccc2)c2ccccc2[C@@H](O)[C@@H]1CO. The monoisotopic (exact) mass is 298 g/mol. The van der Waals surface area contributed by atoms with E-state index in [1.54, 1.807) is 6.07 Å². The van der Waals surface area contributed by atoms with Crippen LogP contribution in [0.3, 0.4) is 0 Å². The molecule has 4 nitrogen and oxygen atoms in total. The number of benzene rings is 2. The number of hydrogen-bond acceptors (Lipinski definition) is 3. The smallest absolute Gasteiger partial charge is 0.307 e. The van der Waals surface area contributed by atoms with Crippen molar-refractivity contribution in [1.29, 1.82) is 0 Å². The molecule has 22 heavy (non-hydrogen) atoms. The Labute approximate surface area is 128 Å². The number of carbonyl (C=O) groups is 1. The van der Waals surface area contributed by atoms with Crippen LogP contribution in [0.5, 0.6) is 0 Å². The molecule has 4 atom stereocenters. The van der Waals surface area contributed by atoms with E-state index in [1.165, 1.54) is 0 Å². The van der Waals surface area contributed by atoms with Gasteiger partial charge in [0.05, 0.1) is 12.0 Å². The average Bonchev–Trinajstić information content (AvgIpc) is 2.55. The summed E-state index contributed by atoms with van der Waals surface area (Å²) in [6, 6.07) is 16.7. The lowest BCUT2D eigenvalue weighted by Crippen LogP contribution is -2.40. The second-order valence-electron chi connectivity index (χ2n) is 5.67. The highest BCUT2D eigenvalue weighted by Gasteiger charge is 2.46. The van der Waals surface area contributed by atoms with Gasteiger partial charge < -0.3 is 15.3 Å². The summed E-state index contributed by atoms with van der Waals surface area (Å²) in [5.74, 6) is -2.97. The fourth-order valence-electron chi connectivity index (χ4n) is 3.52. The van der Waals surface area contributed by atoms with Crippen molar-refractivity contribution < 1.29 is 20.1 Å². The zero-order chi connectivity index (χ0) is 15.7. The lowest BCUT2D eigenvalue weighted by Gasteiger charge is -2.40. The molecule has 2 aromatic carbocycles. The lowest BCUT2D eigenvalue weighted by atomic mass is 9.65. The maximum atomic E-state index is 11.8. The predicted molar refractivity (Wildman–Crippen MR) is 81.4 cm³/mol. The molecule has 0 aromatic heterocycles. The number of carboxylic acids is 1. The van der Waals surface area contributed by atoms with E-state index >= 15 is 0 Å². The largest absolute Gasteiger partial charge is 0.481 e. The molecule has 114 valence electrons. The Kier molecular flexibility index (Phi) is 3.96. The lowest BCUT2D eigenvalue weighted by molar-refractivity contribution is -0.148. The van der Waals surface area contributed by atoms with E-state index in [9.17, 15) is 20.1 Å². The maximum Gasteiger partial charge on any atom is 0.307 e. The molecule has 3 N–H and O–H groups in total. The summed E-state index contributed by atoms with van der Waals surface area (Å²) < 4.78 is 0. The normalized spacial score (nSPS) is 27.2. The first kappa shape index (κ1) is 14.8. The van der Waals surface area contributed by atoms with Crippen LogP contribution >= 0.6 is 0 Å². The van der Waals surface area contributed by atoms with Gasteiger partial charge in [-0.1, -0.05) is 54.6 Å². The minimum atomic E-state index is -0.999. The fourth-order valence-corrected chi connectivity index (χ4v) is 3.52. The Balaban J connectivity index is 2.22. The molecule has 1 aliphatic rings. The van der Waals surface area contributed by atoms with Crippen molar-refractivity contribution in [2.75, 3.05) is 6.61 Å². The van der Waals surface area contributed by atoms with Gasteiger partial charge in [-0.05, 0) is 16.7 Å². The molecule has 0 fully saturated rings. The molecular formula is C18H18O4. The van der Waals surface area contributed by atoms with E-state index in [1.807, 2.05) is 48.5 Å². The molecule has 4 heteroatoms. The van der Waals surface area contributed by atoms with Crippen LogP contribution in [0.4, 0.5) is 0 Å². The van der Waals surface area contributed by atoms with Crippen molar-refractivity contribution in [1.82, 2.24) is 0 Å². The second kappa shape index (κ2) is 5.91. The molecule has 0 saturated heterocycles. The molecule has 2 aromatic rings. The van der Waals surface area contributed by atoms with Crippen LogP contribution in [-0.2, 0) is 4.79 Å². The first-order valence-corrected chi connectivity index (χ1v) is 7.30. The highest BCUT2D eigenvalue weighted by Crippen LogP contribution is 2.48. The predicted octanol–water partition coefficient (Wildman–Crippen LogP) is 2.17. The Morgan fingerprint density at radius 1 is 0.955 bits per heavy atom. The maximum absolute atomic E-state index is 11.8. The highest BCUT2D eigenvalue weighted by molar-refractivity contribution is 5.74. The van der Waals surface area contributed by atoms with Gasteiger partial charge in [0.1, 0.15) is 0 Å². The van der Waals surface area contributed by atoms with E-state index in [0.717, 1.165) is 11.1 Å². The molecule has 3 rings (SSSR count). The third kappa shape index (κ3) is 2.30. The number of aliphatic hydroxyl groups is 2. The highest BCUT2D eigenvalue weighted by atomic mass is 16.4. The molecule has 0 amide bonds. The molecule has 0 bridgehead atoms. The third-order valence-electron chi connectivity index (χ3n) is 4.53. The topological polar surface area (TPSA) is 77.8 Å². The number of carboxylic acid groups (broad SMARTS) is 1. The summed E-state index contributed by atoms with van der Waals surface area (Å²) in [5, 5.41) is 29.8. The van der Waals surface area contributed by atoms with E-state index < -0.39 is 23.9 Å². The van der Waals surface area contributed by atoms with Gasteiger partial charge in [-0.2, -0.15) is 0 Å². The van der Waals surface area contributed by atoms with Crippen molar-refractivity contribution in [2.24, 2.45) is 11.8 Å². The van der Waals surface area contributed by atoms with Gasteiger partial charge in [0, 0.05) is 18.4 Å². The van der Waals surface area contributed by atoms with Gasteiger partial charge in [0.15, 0.2) is 0 Å². The Morgan fingerprint density at radius 3 is 2.14 bits per heavy atom. The minimum Gasteiger partial charge on any atom is -0.481 e. The number of aliphatic hydroxyl groups excluding tert-OH is 2. The summed E-state index contributed by atoms with van der Waals surface area (Å²) in [5.41, 5.74) is 2.40. The first-order valence-electron chi connectivity index (χ1n) is 7.30. The molecule has 0 radical (unpaired) electrons. The zero-order valence-corrected chi connectivity index (χ0v) is 12.0. The Morgan fingerprint density at radius 2 is 1.55 bits per heavy atom. The van der Waals surface area contributed by atoms with Crippen molar-refractivity contribution in [3.63, 3.8) is 0 Å². The van der Waals surface area contributed by atoms with Gasteiger partial charge in [0.2, 0.25) is 0 Å². The van der Waals surface area contributed by atoms with Crippen LogP contribution in [0.1, 0.15) is 28.7 Å². The molecule has 0 saturated carbocycles. The van der Waals surface area contributed by atoms with E-state index in [-0.39, 0.29) is 12.5 Å². The number of aliphatic carboxylic acids is 1. The number of hydrogen-bond donors (Lipinski definition) is 3. The van der Waals surface area contributed by atoms with Gasteiger partial charge in [-0.15, -0.1) is 0 Å². The molecule has 1 aliphatic carbocycles. The summed E-state index contributed by atoms with van der Waals surface area (Å²) in [4.78, 5) is 11.8. The third-order valence-corrected chi connectivity index (χ3v) is 4.53. The van der Waals surface area contributed by atoms with E-state index in [4.69, 9.17) is 0 Å². The fraction of sp³-hybridized carbons (Fsp3) is 0.278. The van der Waals surface area contributed by atoms with Gasteiger partial charge in [0.25, 0.3) is 0 Å². The quantitative estimate of drug-likeness (QED) is 0.811. The molecule has 0 aliphatic heterocycles. The van der Waals surface area contributed by atoms with Crippen LogP contribution in [0.2, 0.25) is 0 Å². The van der Waals surface area contributed by atoms with Crippen LogP contribution in [0, 0.1) is 11.8 Å². The van der Waals surface area contributed by atoms with Crippen LogP contribution in [-0.4, -0.2) is 27.9 Å². The van der Waals surface area contributed by atoms with Crippen LogP contribution in [0.15, 0.2) is 54.6 Å². The summed E-state index contributed by atoms with van der Waals surface area (Å²) >= 11 is 0. The summed E-state index contributed by atoms with van der Waals surface area (Å²) in [6.07, 6.45) is -0.970. The Hall–Kier alpha value is -2.17. The molecule has 0 heterocycles. The standard InChI is InChI=1S/C18H18O4/c19-10-14-16(18(21)22)15(11-6-2-1-3-7-11)12-8-4-5-9-13(12)17(14)20/h1-9,14-17,19-20H,10H2,(H,21,22)/t14-,15+,16+,17-/m1/s1. The van der Waals surface area contributed by atoms with Crippen molar-refractivity contribution in [3.05, 3.63) is 71.3 Å². The zero-order valence-electron chi connectivity index (χ0n) is 12.0. The average molecular weight is 298 g/mol. The van der Waals surface area contributed by atoms with Gasteiger partial charge >= 0.3 is 5.97 Å². The summed E-state index contributed by atoms with van der Waals surface area (Å²) in [7, 11) is 0. The molecule has 0 spiro atoms. The molecular weight excluding hydrogens is 280 g/mol. The van der Waals surface area contributed by atoms with Crippen molar-refractivity contribution in [3.8, 4) is 0 Å². The number of fused-ring (bicyclic) bond motifs is 1. The van der Waals surface area contributed by atoms with Gasteiger partial charge in [-0.25, -0.2) is 0 Å². The van der Waals surface area contributed by atoms with Gasteiger partial charge in [-0.3, -0.25) is 4.79 Å². The Bertz CT molecular complexity index is 668. The van der Waals surface area contributed by atoms with E-state index in [0.29, 0.717) is 5.56 Å². The van der Waals surface area contributed by atoms with Crippen molar-refractivity contribution >= 4 is 5.97 Å². The summed E-state index contributed by atoms with van der Waals surface area (Å²) in [6.45, 7) is -0.365. The minimum absolute atomic E-state index is 0.365. The van der Waals surface area contributed by atoms with Crippen LogP contribution < -0.4 is 0 Å².